The third-order valence-electron chi connectivity index (χ3n) is 4.75. The molecule has 0 saturated carbocycles. The van der Waals surface area contributed by atoms with Crippen molar-refractivity contribution in [3.05, 3.63) is 80.4 Å². The van der Waals surface area contributed by atoms with E-state index in [2.05, 4.69) is 15.2 Å². The molecule has 2 aromatic heterocycles. The number of anilines is 1. The number of ether oxygens (including phenoxy) is 1. The van der Waals surface area contributed by atoms with Gasteiger partial charge in [0.25, 0.3) is 11.2 Å². The van der Waals surface area contributed by atoms with Crippen LogP contribution >= 0.6 is 0 Å². The summed E-state index contributed by atoms with van der Waals surface area (Å²) in [4.78, 5) is 47.7. The molecule has 0 fully saturated rings. The van der Waals surface area contributed by atoms with Crippen LogP contribution in [0.4, 0.5) is 11.5 Å². The molecule has 1 N–H and O–H groups in total. The lowest BCUT2D eigenvalue weighted by Crippen LogP contribution is -2.31. The van der Waals surface area contributed by atoms with E-state index >= 15 is 0 Å². The van der Waals surface area contributed by atoms with Gasteiger partial charge in [0.05, 0.1) is 29.6 Å². The topological polar surface area (TPSA) is 138 Å². The number of para-hydroxylation sites is 1. The van der Waals surface area contributed by atoms with Crippen LogP contribution in [-0.4, -0.2) is 38.3 Å². The number of nitrogens with zero attached hydrogens (tertiary/aromatic N) is 4. The van der Waals surface area contributed by atoms with Crippen molar-refractivity contribution in [2.24, 2.45) is 0 Å². The van der Waals surface area contributed by atoms with Crippen molar-refractivity contribution in [3.63, 3.8) is 0 Å². The molecule has 11 heteroatoms. The summed E-state index contributed by atoms with van der Waals surface area (Å²) in [5.41, 5.74) is -0.803. The highest BCUT2D eigenvalue weighted by Gasteiger charge is 2.23. The molecule has 0 bridgehead atoms. The first-order valence-corrected chi connectivity index (χ1v) is 9.94. The molecule has 33 heavy (non-hydrogen) atoms. The zero-order valence-corrected chi connectivity index (χ0v) is 18.6. The maximum atomic E-state index is 12.8. The van der Waals surface area contributed by atoms with Crippen molar-refractivity contribution < 1.29 is 19.2 Å². The molecule has 0 radical (unpaired) electrons. The van der Waals surface area contributed by atoms with E-state index in [0.29, 0.717) is 11.5 Å². The SMILES string of the molecule is COC(=O)c1cc([N+](=O)[O-])cn(CC(=O)Nc2cc(C(C)(C)C)nn2-c2ccccc2)c1=O. The molecule has 3 rings (SSSR count). The van der Waals surface area contributed by atoms with Gasteiger partial charge >= 0.3 is 5.97 Å². The normalized spacial score (nSPS) is 11.2. The number of carbonyl (C=O) groups is 2. The molecular formula is C22H23N5O6. The Morgan fingerprint density at radius 1 is 1.18 bits per heavy atom. The minimum absolute atomic E-state index is 0.300. The number of hydrogen-bond acceptors (Lipinski definition) is 7. The summed E-state index contributed by atoms with van der Waals surface area (Å²) < 4.78 is 6.88. The van der Waals surface area contributed by atoms with Gasteiger partial charge in [-0.2, -0.15) is 5.10 Å². The number of benzene rings is 1. The molecule has 0 aliphatic rings. The average Bonchev–Trinajstić information content (AvgIpc) is 3.19. The molecule has 0 aliphatic heterocycles. The van der Waals surface area contributed by atoms with Crippen LogP contribution in [0.2, 0.25) is 0 Å². The molecule has 2 heterocycles. The Morgan fingerprint density at radius 3 is 2.42 bits per heavy atom. The predicted octanol–water partition coefficient (Wildman–Crippen LogP) is 2.67. The van der Waals surface area contributed by atoms with Crippen LogP contribution in [-0.2, 0) is 21.5 Å². The Bertz CT molecular complexity index is 1270. The third kappa shape index (κ3) is 5.14. The Hall–Kier alpha value is -4.28. The van der Waals surface area contributed by atoms with Crippen molar-refractivity contribution in [3.8, 4) is 5.69 Å². The molecule has 0 saturated heterocycles. The zero-order valence-electron chi connectivity index (χ0n) is 18.6. The summed E-state index contributed by atoms with van der Waals surface area (Å²) in [6, 6.07) is 11.7. The summed E-state index contributed by atoms with van der Waals surface area (Å²) in [7, 11) is 1.05. The first-order chi connectivity index (χ1) is 15.5. The lowest BCUT2D eigenvalue weighted by molar-refractivity contribution is -0.385. The number of nitro groups is 1. The zero-order chi connectivity index (χ0) is 24.3. The number of esters is 1. The van der Waals surface area contributed by atoms with E-state index in [1.807, 2.05) is 51.1 Å². The second kappa shape index (κ2) is 9.07. The molecule has 1 amide bonds. The minimum atomic E-state index is -1.03. The van der Waals surface area contributed by atoms with Crippen LogP contribution in [0, 0.1) is 10.1 Å². The second-order valence-corrected chi connectivity index (χ2v) is 8.25. The van der Waals surface area contributed by atoms with Crippen LogP contribution in [0.3, 0.4) is 0 Å². The highest BCUT2D eigenvalue weighted by atomic mass is 16.6. The van der Waals surface area contributed by atoms with Gasteiger partial charge in [0.15, 0.2) is 0 Å². The minimum Gasteiger partial charge on any atom is -0.465 e. The number of amides is 1. The summed E-state index contributed by atoms with van der Waals surface area (Å²) in [6.45, 7) is 5.38. The van der Waals surface area contributed by atoms with E-state index in [1.165, 1.54) is 0 Å². The summed E-state index contributed by atoms with van der Waals surface area (Å²) in [5.74, 6) is -1.30. The van der Waals surface area contributed by atoms with E-state index in [-0.39, 0.29) is 5.41 Å². The Labute approximate surface area is 188 Å². The van der Waals surface area contributed by atoms with Gasteiger partial charge in [0.2, 0.25) is 5.91 Å². The van der Waals surface area contributed by atoms with Gasteiger partial charge in [0.1, 0.15) is 17.9 Å². The van der Waals surface area contributed by atoms with Crippen LogP contribution in [0.15, 0.2) is 53.5 Å². The quantitative estimate of drug-likeness (QED) is 0.344. The molecule has 0 unspecified atom stereocenters. The fourth-order valence-corrected chi connectivity index (χ4v) is 3.03. The molecule has 0 aliphatic carbocycles. The highest BCUT2D eigenvalue weighted by molar-refractivity contribution is 5.91. The summed E-state index contributed by atoms with van der Waals surface area (Å²) >= 11 is 0. The van der Waals surface area contributed by atoms with Crippen LogP contribution in [0.1, 0.15) is 36.8 Å². The van der Waals surface area contributed by atoms with E-state index in [9.17, 15) is 24.5 Å². The van der Waals surface area contributed by atoms with Crippen molar-refractivity contribution >= 4 is 23.4 Å². The molecular weight excluding hydrogens is 430 g/mol. The van der Waals surface area contributed by atoms with Gasteiger partial charge in [0, 0.05) is 17.5 Å². The lowest BCUT2D eigenvalue weighted by atomic mass is 9.92. The van der Waals surface area contributed by atoms with Gasteiger partial charge in [-0.3, -0.25) is 24.3 Å². The summed E-state index contributed by atoms with van der Waals surface area (Å²) in [6.07, 6.45) is 0.906. The smallest absolute Gasteiger partial charge is 0.343 e. The Balaban J connectivity index is 1.97. The number of rotatable bonds is 6. The van der Waals surface area contributed by atoms with Gasteiger partial charge in [-0.05, 0) is 12.1 Å². The predicted molar refractivity (Wildman–Crippen MR) is 120 cm³/mol. The van der Waals surface area contributed by atoms with Crippen LogP contribution < -0.4 is 10.9 Å². The molecule has 3 aromatic rings. The highest BCUT2D eigenvalue weighted by Crippen LogP contribution is 2.26. The van der Waals surface area contributed by atoms with E-state index in [0.717, 1.165) is 29.6 Å². The molecule has 11 nitrogen and oxygen atoms in total. The number of hydrogen-bond donors (Lipinski definition) is 1. The Kier molecular flexibility index (Phi) is 6.43. The largest absolute Gasteiger partial charge is 0.465 e. The monoisotopic (exact) mass is 453 g/mol. The number of nitrogens with one attached hydrogen (secondary N) is 1. The van der Waals surface area contributed by atoms with Crippen LogP contribution in [0.5, 0.6) is 0 Å². The van der Waals surface area contributed by atoms with Gasteiger partial charge in [-0.1, -0.05) is 39.0 Å². The average molecular weight is 453 g/mol. The fraction of sp³-hybridized carbons (Fsp3) is 0.273. The number of methoxy groups -OCH3 is 1. The van der Waals surface area contributed by atoms with Crippen molar-refractivity contribution in [2.75, 3.05) is 12.4 Å². The number of pyridine rings is 1. The van der Waals surface area contributed by atoms with Gasteiger partial charge < -0.3 is 10.1 Å². The maximum Gasteiger partial charge on any atom is 0.343 e. The molecule has 0 atom stereocenters. The van der Waals surface area contributed by atoms with Crippen LogP contribution in [0.25, 0.3) is 5.69 Å². The second-order valence-electron chi connectivity index (χ2n) is 8.25. The Morgan fingerprint density at radius 2 is 1.85 bits per heavy atom. The van der Waals surface area contributed by atoms with Crippen molar-refractivity contribution in [2.45, 2.75) is 32.7 Å². The lowest BCUT2D eigenvalue weighted by Gasteiger charge is -2.14. The van der Waals surface area contributed by atoms with Crippen molar-refractivity contribution in [1.82, 2.24) is 14.3 Å². The first-order valence-electron chi connectivity index (χ1n) is 9.94. The first kappa shape index (κ1) is 23.4. The third-order valence-corrected chi connectivity index (χ3v) is 4.75. The molecule has 172 valence electrons. The summed E-state index contributed by atoms with van der Waals surface area (Å²) in [5, 5.41) is 18.5. The van der Waals surface area contributed by atoms with Gasteiger partial charge in [-0.25, -0.2) is 9.48 Å². The molecule has 1 aromatic carbocycles. The van der Waals surface area contributed by atoms with E-state index < -0.39 is 40.2 Å². The van der Waals surface area contributed by atoms with E-state index in [4.69, 9.17) is 0 Å². The molecule has 0 spiro atoms. The fourth-order valence-electron chi connectivity index (χ4n) is 3.03. The van der Waals surface area contributed by atoms with Gasteiger partial charge in [-0.15, -0.1) is 0 Å². The number of aromatic nitrogens is 3. The standard InChI is InChI=1S/C22H23N5O6/c1-22(2,3)17-11-18(26(24-17)14-8-6-5-7-9-14)23-19(28)13-25-12-15(27(31)32)10-16(20(25)29)21(30)33-4/h5-12H,13H2,1-4H3,(H,23,28). The number of carbonyl (C=O) groups excluding carboxylic acids is 2. The van der Waals surface area contributed by atoms with Crippen molar-refractivity contribution in [1.29, 1.82) is 0 Å². The van der Waals surface area contributed by atoms with E-state index in [1.54, 1.807) is 10.7 Å². The maximum absolute atomic E-state index is 12.8.